The van der Waals surface area contributed by atoms with Gasteiger partial charge < -0.3 is 20.8 Å². The summed E-state index contributed by atoms with van der Waals surface area (Å²) in [4.78, 5) is 30.1. The number of nitrogens with one attached hydrogen (secondary N) is 2. The molecule has 2 fully saturated rings. The van der Waals surface area contributed by atoms with E-state index in [2.05, 4.69) is 15.5 Å². The summed E-state index contributed by atoms with van der Waals surface area (Å²) in [7, 11) is -3.60. The predicted octanol–water partition coefficient (Wildman–Crippen LogP) is 4.89. The van der Waals surface area contributed by atoms with Gasteiger partial charge in [-0.1, -0.05) is 89.1 Å². The van der Waals surface area contributed by atoms with Crippen molar-refractivity contribution in [1.82, 2.24) is 15.5 Å². The van der Waals surface area contributed by atoms with Crippen molar-refractivity contribution in [3.63, 3.8) is 0 Å². The lowest BCUT2D eigenvalue weighted by atomic mass is 9.82. The minimum atomic E-state index is -3.60. The lowest BCUT2D eigenvalue weighted by Gasteiger charge is -2.34. The maximum atomic E-state index is 14.0. The summed E-state index contributed by atoms with van der Waals surface area (Å²) in [6.45, 7) is 12.6. The van der Waals surface area contributed by atoms with E-state index in [4.69, 9.17) is 0 Å². The van der Waals surface area contributed by atoms with Crippen LogP contribution in [-0.2, 0) is 25.8 Å². The van der Waals surface area contributed by atoms with Crippen LogP contribution in [-0.4, -0.2) is 89.8 Å². The maximum Gasteiger partial charge on any atom is 0.242 e. The molecule has 0 unspecified atom stereocenters. The lowest BCUT2D eigenvalue weighted by molar-refractivity contribution is -0.132. The summed E-state index contributed by atoms with van der Waals surface area (Å²) in [5.41, 5.74) is 0.858. The summed E-state index contributed by atoms with van der Waals surface area (Å²) in [6.07, 6.45) is 7.04. The van der Waals surface area contributed by atoms with Crippen molar-refractivity contribution in [2.75, 3.05) is 18.1 Å². The molecule has 10 heteroatoms. The van der Waals surface area contributed by atoms with Crippen LogP contribution in [0.25, 0.3) is 0 Å². The number of rotatable bonds is 21. The number of hydrogen-bond donors (Lipinski definition) is 4. The Morgan fingerprint density at radius 1 is 0.833 bits per heavy atom. The van der Waals surface area contributed by atoms with Crippen molar-refractivity contribution in [1.29, 1.82) is 0 Å². The van der Waals surface area contributed by atoms with Gasteiger partial charge >= 0.3 is 0 Å². The quantitative estimate of drug-likeness (QED) is 0.144. The first-order valence-corrected chi connectivity index (χ1v) is 20.4. The molecule has 3 rings (SSSR count). The van der Waals surface area contributed by atoms with Gasteiger partial charge in [-0.05, 0) is 76.7 Å². The molecule has 274 valence electrons. The zero-order chi connectivity index (χ0) is 35.4. The van der Waals surface area contributed by atoms with E-state index in [1.54, 1.807) is 0 Å². The Morgan fingerprint density at radius 3 is 2.00 bits per heavy atom. The number of carbonyl (C=O) groups is 2. The molecule has 2 saturated carbocycles. The van der Waals surface area contributed by atoms with Crippen molar-refractivity contribution in [3.8, 4) is 0 Å². The topological polar surface area (TPSA) is 136 Å². The molecule has 0 saturated heterocycles. The lowest BCUT2D eigenvalue weighted by Crippen LogP contribution is -2.56. The summed E-state index contributed by atoms with van der Waals surface area (Å²) >= 11 is 0. The Labute approximate surface area is 290 Å². The summed E-state index contributed by atoms with van der Waals surface area (Å²) in [5, 5.41) is 28.2. The van der Waals surface area contributed by atoms with Gasteiger partial charge in [0.15, 0.2) is 9.84 Å². The second-order valence-electron chi connectivity index (χ2n) is 15.7. The van der Waals surface area contributed by atoms with E-state index in [0.717, 1.165) is 44.1 Å². The molecule has 0 radical (unpaired) electrons. The van der Waals surface area contributed by atoms with E-state index in [0.29, 0.717) is 37.6 Å². The minimum absolute atomic E-state index is 0.0483. The van der Waals surface area contributed by atoms with Crippen LogP contribution in [0.2, 0.25) is 0 Å². The standard InChI is InChI=1S/C38H65N3O6S/c1-26(2)21-35(42)36(43)33(23-30-15-11-8-12-16-30)39-38(45)34(24-31-17-18-31)40-37(44)32(22-29-13-9-7-10-14-29)25-48(46,47)20-19-41(27(3)4)28(5)6/h7,9-10,13-14,26-28,30-36,42-43H,8,11-12,15-25H2,1-6H3,(H,39,45)(H,40,44)/t32-,33+,34+,35+,36-/m1/s1. The molecule has 2 aliphatic rings. The van der Waals surface area contributed by atoms with Crippen LogP contribution in [0, 0.1) is 23.7 Å². The van der Waals surface area contributed by atoms with Crippen LogP contribution >= 0.6 is 0 Å². The molecule has 5 atom stereocenters. The summed E-state index contributed by atoms with van der Waals surface area (Å²) in [6, 6.07) is 8.29. The number of carbonyl (C=O) groups excluding carboxylic acids is 2. The van der Waals surface area contributed by atoms with Gasteiger partial charge in [0.2, 0.25) is 11.8 Å². The molecule has 1 aromatic rings. The molecule has 4 N–H and O–H groups in total. The Morgan fingerprint density at radius 2 is 1.44 bits per heavy atom. The van der Waals surface area contributed by atoms with Crippen LogP contribution in [0.1, 0.15) is 111 Å². The fourth-order valence-corrected chi connectivity index (χ4v) is 8.86. The van der Waals surface area contributed by atoms with Gasteiger partial charge in [0.25, 0.3) is 0 Å². The summed E-state index contributed by atoms with van der Waals surface area (Å²) < 4.78 is 27.0. The first-order valence-electron chi connectivity index (χ1n) is 18.6. The average molecular weight is 692 g/mol. The molecule has 9 nitrogen and oxygen atoms in total. The largest absolute Gasteiger partial charge is 0.390 e. The van der Waals surface area contributed by atoms with Crippen molar-refractivity contribution < 1.29 is 28.2 Å². The number of hydrogen-bond acceptors (Lipinski definition) is 7. The molecule has 2 aliphatic carbocycles. The molecule has 0 spiro atoms. The number of amides is 2. The van der Waals surface area contributed by atoms with Gasteiger partial charge in [-0.2, -0.15) is 0 Å². The van der Waals surface area contributed by atoms with Gasteiger partial charge in [-0.15, -0.1) is 0 Å². The third-order valence-corrected chi connectivity index (χ3v) is 11.9. The van der Waals surface area contributed by atoms with Gasteiger partial charge in [-0.3, -0.25) is 14.5 Å². The van der Waals surface area contributed by atoms with Gasteiger partial charge in [0.1, 0.15) is 12.1 Å². The first kappa shape index (κ1) is 40.4. The zero-order valence-corrected chi connectivity index (χ0v) is 31.3. The van der Waals surface area contributed by atoms with E-state index in [-0.39, 0.29) is 41.8 Å². The Kier molecular flexibility index (Phi) is 16.3. The highest BCUT2D eigenvalue weighted by Gasteiger charge is 2.37. The van der Waals surface area contributed by atoms with Gasteiger partial charge in [-0.25, -0.2) is 8.42 Å². The molecule has 0 aromatic heterocycles. The molecular formula is C38H65N3O6S. The van der Waals surface area contributed by atoms with E-state index in [1.165, 1.54) is 6.42 Å². The van der Waals surface area contributed by atoms with Crippen molar-refractivity contribution in [2.24, 2.45) is 23.7 Å². The third kappa shape index (κ3) is 14.1. The maximum absolute atomic E-state index is 14.0. The molecule has 0 aliphatic heterocycles. The Bertz CT molecular complexity index is 1210. The number of nitrogens with zero attached hydrogens (tertiary/aromatic N) is 1. The van der Waals surface area contributed by atoms with Crippen LogP contribution in [0.3, 0.4) is 0 Å². The number of sulfone groups is 1. The fraction of sp³-hybridized carbons (Fsp3) is 0.789. The van der Waals surface area contributed by atoms with Gasteiger partial charge in [0.05, 0.1) is 29.6 Å². The van der Waals surface area contributed by atoms with E-state index in [1.807, 2.05) is 71.9 Å². The van der Waals surface area contributed by atoms with Gasteiger partial charge in [0, 0.05) is 18.6 Å². The molecule has 1 aromatic carbocycles. The highest BCUT2D eigenvalue weighted by Crippen LogP contribution is 2.34. The Balaban J connectivity index is 1.79. The minimum Gasteiger partial charge on any atom is -0.390 e. The van der Waals surface area contributed by atoms with E-state index in [9.17, 15) is 28.2 Å². The van der Waals surface area contributed by atoms with Crippen LogP contribution in [0.4, 0.5) is 0 Å². The number of benzene rings is 1. The predicted molar refractivity (Wildman–Crippen MR) is 193 cm³/mol. The summed E-state index contributed by atoms with van der Waals surface area (Å²) in [5.74, 6) is -1.20. The average Bonchev–Trinajstić information content (AvgIpc) is 3.84. The SMILES string of the molecule is CC(C)C[C@H](O)[C@H](O)[C@H](CC1CCCCC1)NC(=O)[C@H](CC1CC1)NC(=O)[C@H](Cc1ccccc1)CS(=O)(=O)CCN(C(C)C)C(C)C. The smallest absolute Gasteiger partial charge is 0.242 e. The van der Waals surface area contributed by atoms with Crippen molar-refractivity contribution in [3.05, 3.63) is 35.9 Å². The first-order chi connectivity index (χ1) is 22.6. The molecular weight excluding hydrogens is 626 g/mol. The molecule has 2 amide bonds. The third-order valence-electron chi connectivity index (χ3n) is 10.2. The second-order valence-corrected chi connectivity index (χ2v) is 17.9. The second kappa shape index (κ2) is 19.4. The van der Waals surface area contributed by atoms with E-state index < -0.39 is 46.0 Å². The molecule has 0 heterocycles. The monoisotopic (exact) mass is 691 g/mol. The zero-order valence-electron chi connectivity index (χ0n) is 30.4. The highest BCUT2D eigenvalue weighted by molar-refractivity contribution is 7.91. The highest BCUT2D eigenvalue weighted by atomic mass is 32.2. The molecule has 48 heavy (non-hydrogen) atoms. The van der Waals surface area contributed by atoms with Crippen LogP contribution in [0.15, 0.2) is 30.3 Å². The number of aliphatic hydroxyl groups is 2. The van der Waals surface area contributed by atoms with E-state index >= 15 is 0 Å². The fourth-order valence-electron chi connectivity index (χ4n) is 7.32. The van der Waals surface area contributed by atoms with Crippen LogP contribution < -0.4 is 10.6 Å². The number of aliphatic hydroxyl groups excluding tert-OH is 2. The van der Waals surface area contributed by atoms with Crippen molar-refractivity contribution in [2.45, 2.75) is 149 Å². The normalized spacial score (nSPS) is 19.3. The van der Waals surface area contributed by atoms with Crippen molar-refractivity contribution >= 4 is 21.7 Å². The van der Waals surface area contributed by atoms with Crippen LogP contribution in [0.5, 0.6) is 0 Å². The molecule has 0 bridgehead atoms. The Hall–Kier alpha value is -2.01.